The van der Waals surface area contributed by atoms with Gasteiger partial charge >= 0.3 is 0 Å². The van der Waals surface area contributed by atoms with Gasteiger partial charge in [0, 0.05) is 11.2 Å². The maximum Gasteiger partial charge on any atom is 0.244 e. The highest BCUT2D eigenvalue weighted by molar-refractivity contribution is 7.85. The fraction of sp³-hybridized carbons (Fsp3) is 0.870. The monoisotopic (exact) mass is 474 g/mol. The minimum atomic E-state index is -4.27. The summed E-state index contributed by atoms with van der Waals surface area (Å²) in [6, 6.07) is 0. The summed E-state index contributed by atoms with van der Waals surface area (Å²) in [5.41, 5.74) is -0.744. The van der Waals surface area contributed by atoms with Crippen molar-refractivity contribution in [2.24, 2.45) is 16.7 Å². The van der Waals surface area contributed by atoms with Crippen LogP contribution >= 0.6 is 7.92 Å². The Balaban J connectivity index is 0.000000220. The van der Waals surface area contributed by atoms with Gasteiger partial charge in [-0.2, -0.15) is 0 Å². The van der Waals surface area contributed by atoms with Crippen LogP contribution in [0, 0.1) is 16.7 Å². The average Bonchev–Trinajstić information content (AvgIpc) is 3.16. The van der Waals surface area contributed by atoms with Gasteiger partial charge in [0.15, 0.2) is 0 Å². The first-order valence-electron chi connectivity index (χ1n) is 11.2. The first kappa shape index (κ1) is 26.8. The molecule has 0 aliphatic heterocycles. The van der Waals surface area contributed by atoms with Crippen molar-refractivity contribution in [3.8, 4) is 0 Å². The Morgan fingerprint density at radius 1 is 1.23 bits per heavy atom. The lowest BCUT2D eigenvalue weighted by Gasteiger charge is -2.41. The number of nitrogens with zero attached hydrogens (tertiary/aromatic N) is 2. The number of hydrogen-bond acceptors (Lipinski definition) is 4. The number of hydrogen-bond donors (Lipinski definition) is 1. The summed E-state index contributed by atoms with van der Waals surface area (Å²) in [4.78, 5) is 0. The number of imidazole rings is 1. The van der Waals surface area contributed by atoms with Crippen LogP contribution in [0.25, 0.3) is 0 Å². The number of rotatable bonds is 4. The van der Waals surface area contributed by atoms with E-state index in [2.05, 4.69) is 76.1 Å². The van der Waals surface area contributed by atoms with Crippen molar-refractivity contribution in [3.05, 3.63) is 18.7 Å². The molecule has 4 atom stereocenters. The zero-order valence-corrected chi connectivity index (χ0v) is 22.6. The van der Waals surface area contributed by atoms with Gasteiger partial charge in [0.2, 0.25) is 6.33 Å². The molecule has 180 valence electrons. The molecule has 8 heteroatoms. The lowest BCUT2D eigenvalue weighted by Crippen LogP contribution is -2.48. The SMILES string of the molecule is CC1(C)C2CC[C@@]1(CS(=O)(=O)[O-])C(O)C2.CP(Cn1cc[n+](C(C)(C)C)c1)C(C)(C)C. The first-order valence-corrected chi connectivity index (χ1v) is 14.8. The molecule has 3 unspecified atom stereocenters. The molecule has 0 saturated heterocycles. The van der Waals surface area contributed by atoms with Gasteiger partial charge in [-0.1, -0.05) is 42.5 Å². The number of aliphatic hydroxyl groups excluding tert-OH is 1. The lowest BCUT2D eigenvalue weighted by atomic mass is 9.70. The second-order valence-corrected chi connectivity index (χ2v) is 16.5. The minimum Gasteiger partial charge on any atom is -0.748 e. The Hall–Kier alpha value is -0.490. The van der Waals surface area contributed by atoms with Crippen LogP contribution in [0.5, 0.6) is 0 Å². The number of aliphatic hydroxyl groups is 1. The Kier molecular flexibility index (Phi) is 7.51. The van der Waals surface area contributed by atoms with E-state index in [1.807, 2.05) is 13.8 Å². The van der Waals surface area contributed by atoms with Gasteiger partial charge in [-0.05, 0) is 63.2 Å². The predicted molar refractivity (Wildman–Crippen MR) is 126 cm³/mol. The highest BCUT2D eigenvalue weighted by Gasteiger charge is 2.64. The summed E-state index contributed by atoms with van der Waals surface area (Å²) in [6.07, 6.45) is 9.35. The molecule has 2 bridgehead atoms. The standard InChI is InChI=1S/C13H26N2P.C10H18O4S/c1-12(2,3)15-9-8-14(10-15)11-16(7)13(4,5)6;1-9(2)7-3-4-10(9,8(11)5-7)6-15(12,13)14/h8-10H,11H2,1-7H3;7-8,11H,3-6H2,1-2H3,(H,12,13,14)/q+1;/p-1/t;7?,8?,10-/m.1/s1. The van der Waals surface area contributed by atoms with E-state index < -0.39 is 27.4 Å². The fourth-order valence-corrected chi connectivity index (χ4v) is 7.45. The van der Waals surface area contributed by atoms with Crippen LogP contribution < -0.4 is 4.57 Å². The highest BCUT2D eigenvalue weighted by Crippen LogP contribution is 2.66. The van der Waals surface area contributed by atoms with Gasteiger partial charge in [-0.25, -0.2) is 17.6 Å². The maximum atomic E-state index is 10.9. The molecule has 6 nitrogen and oxygen atoms in total. The molecule has 0 spiro atoms. The summed E-state index contributed by atoms with van der Waals surface area (Å²) in [5, 5.41) is 10.4. The summed E-state index contributed by atoms with van der Waals surface area (Å²) < 4.78 is 37.4. The predicted octanol–water partition coefficient (Wildman–Crippen LogP) is 4.12. The second-order valence-electron chi connectivity index (χ2n) is 12.1. The summed E-state index contributed by atoms with van der Waals surface area (Å²) in [5.74, 6) is -0.0563. The van der Waals surface area contributed by atoms with Gasteiger partial charge in [0.1, 0.15) is 24.2 Å². The highest BCUT2D eigenvalue weighted by atomic mass is 32.2. The molecule has 2 aliphatic carbocycles. The molecule has 2 fully saturated rings. The van der Waals surface area contributed by atoms with Crippen molar-refractivity contribution in [1.82, 2.24) is 4.57 Å². The van der Waals surface area contributed by atoms with Crippen molar-refractivity contribution in [2.45, 2.75) is 97.7 Å². The molecule has 1 heterocycles. The molecule has 1 aromatic rings. The van der Waals surface area contributed by atoms with E-state index in [0.29, 0.717) is 23.9 Å². The molecule has 2 aliphatic rings. The smallest absolute Gasteiger partial charge is 0.244 e. The third-order valence-corrected chi connectivity index (χ3v) is 11.7. The van der Waals surface area contributed by atoms with Gasteiger partial charge in [0.25, 0.3) is 0 Å². The molecule has 0 aromatic carbocycles. The number of aromatic nitrogens is 2. The van der Waals surface area contributed by atoms with Crippen molar-refractivity contribution in [2.75, 3.05) is 12.4 Å². The van der Waals surface area contributed by atoms with E-state index in [1.165, 1.54) is 0 Å². The van der Waals surface area contributed by atoms with Crippen LogP contribution in [0.3, 0.4) is 0 Å². The van der Waals surface area contributed by atoms with E-state index in [-0.39, 0.29) is 18.9 Å². The van der Waals surface area contributed by atoms with Gasteiger partial charge in [-0.3, -0.25) is 0 Å². The van der Waals surface area contributed by atoms with Crippen molar-refractivity contribution in [3.63, 3.8) is 0 Å². The van der Waals surface area contributed by atoms with Gasteiger partial charge in [0.05, 0.1) is 16.2 Å². The Bertz CT molecular complexity index is 867. The molecule has 2 saturated carbocycles. The summed E-state index contributed by atoms with van der Waals surface area (Å²) >= 11 is 0. The normalized spacial score (nSPS) is 28.9. The summed E-state index contributed by atoms with van der Waals surface area (Å²) in [6.45, 7) is 20.0. The van der Waals surface area contributed by atoms with Crippen molar-refractivity contribution in [1.29, 1.82) is 0 Å². The van der Waals surface area contributed by atoms with Gasteiger partial charge < -0.3 is 9.66 Å². The third kappa shape index (κ3) is 5.90. The molecular formula is C23H43N2O4PS. The quantitative estimate of drug-likeness (QED) is 0.404. The third-order valence-electron chi connectivity index (χ3n) is 7.81. The largest absolute Gasteiger partial charge is 0.748 e. The fourth-order valence-electron chi connectivity index (χ4n) is 5.03. The number of fused-ring (bicyclic) bond motifs is 2. The summed E-state index contributed by atoms with van der Waals surface area (Å²) in [7, 11) is -4.24. The Morgan fingerprint density at radius 2 is 1.81 bits per heavy atom. The zero-order chi connectivity index (χ0) is 24.0. The first-order chi connectivity index (χ1) is 13.8. The molecular weight excluding hydrogens is 431 g/mol. The minimum absolute atomic E-state index is 0.0292. The average molecular weight is 475 g/mol. The van der Waals surface area contributed by atoms with E-state index in [1.54, 1.807) is 0 Å². The Labute approximate surface area is 190 Å². The molecule has 3 rings (SSSR count). The molecule has 0 radical (unpaired) electrons. The van der Waals surface area contributed by atoms with E-state index in [0.717, 1.165) is 12.7 Å². The van der Waals surface area contributed by atoms with Crippen LogP contribution in [-0.2, 0) is 21.9 Å². The van der Waals surface area contributed by atoms with Crippen LogP contribution in [-0.4, -0.2) is 46.3 Å². The second kappa shape index (κ2) is 8.70. The van der Waals surface area contributed by atoms with Crippen molar-refractivity contribution >= 4 is 18.0 Å². The molecule has 1 N–H and O–H groups in total. The Morgan fingerprint density at radius 3 is 2.16 bits per heavy atom. The maximum absolute atomic E-state index is 10.9. The van der Waals surface area contributed by atoms with E-state index in [4.69, 9.17) is 0 Å². The zero-order valence-electron chi connectivity index (χ0n) is 20.8. The van der Waals surface area contributed by atoms with Crippen LogP contribution in [0.1, 0.15) is 74.7 Å². The lowest BCUT2D eigenvalue weighted by molar-refractivity contribution is -0.753. The van der Waals surface area contributed by atoms with Crippen LogP contribution in [0.15, 0.2) is 18.7 Å². The van der Waals surface area contributed by atoms with Crippen molar-refractivity contribution < 1.29 is 22.6 Å². The van der Waals surface area contributed by atoms with E-state index >= 15 is 0 Å². The van der Waals surface area contributed by atoms with Gasteiger partial charge in [-0.15, -0.1) is 0 Å². The molecule has 31 heavy (non-hydrogen) atoms. The topological polar surface area (TPSA) is 86.2 Å². The molecule has 1 aromatic heterocycles. The van der Waals surface area contributed by atoms with Crippen LogP contribution in [0.2, 0.25) is 0 Å². The molecule has 0 amide bonds. The van der Waals surface area contributed by atoms with Crippen LogP contribution in [0.4, 0.5) is 0 Å². The van der Waals surface area contributed by atoms with E-state index in [9.17, 15) is 18.1 Å².